The summed E-state index contributed by atoms with van der Waals surface area (Å²) in [6.45, 7) is 1.42. The van der Waals surface area contributed by atoms with Gasteiger partial charge in [0.1, 0.15) is 0 Å². The van der Waals surface area contributed by atoms with Crippen molar-refractivity contribution in [2.75, 3.05) is 12.4 Å². The highest BCUT2D eigenvalue weighted by Gasteiger charge is 2.09. The van der Waals surface area contributed by atoms with Crippen molar-refractivity contribution >= 4 is 40.2 Å². The molecule has 0 aliphatic heterocycles. The first kappa shape index (κ1) is 12.0. The normalized spacial score (nSPS) is 9.53. The van der Waals surface area contributed by atoms with Crippen LogP contribution in [0.2, 0.25) is 0 Å². The summed E-state index contributed by atoms with van der Waals surface area (Å²) in [4.78, 5) is 22.1. The van der Waals surface area contributed by atoms with E-state index in [1.165, 1.54) is 14.0 Å². The summed E-state index contributed by atoms with van der Waals surface area (Å²) in [5.74, 6) is -0.590. The van der Waals surface area contributed by atoms with Crippen molar-refractivity contribution in [2.45, 2.75) is 6.92 Å². The minimum Gasteiger partial charge on any atom is -0.465 e. The van der Waals surface area contributed by atoms with Crippen molar-refractivity contribution < 1.29 is 14.3 Å². The Balaban J connectivity index is 3.05. The number of anilines is 1. The Kier molecular flexibility index (Phi) is 4.07. The van der Waals surface area contributed by atoms with Crippen molar-refractivity contribution in [3.63, 3.8) is 0 Å². The van der Waals surface area contributed by atoms with Gasteiger partial charge in [0.25, 0.3) is 0 Å². The van der Waals surface area contributed by atoms with E-state index in [-0.39, 0.29) is 5.91 Å². The van der Waals surface area contributed by atoms with Crippen molar-refractivity contribution in [1.82, 2.24) is 0 Å². The summed E-state index contributed by atoms with van der Waals surface area (Å²) in [5.41, 5.74) is 1.03. The number of ether oxygens (including phenoxy) is 1. The third-order valence-corrected chi connectivity index (χ3v) is 2.64. The Morgan fingerprint density at radius 2 is 2.07 bits per heavy atom. The molecule has 0 bridgehead atoms. The van der Waals surface area contributed by atoms with Gasteiger partial charge in [-0.25, -0.2) is 4.79 Å². The van der Waals surface area contributed by atoms with E-state index in [9.17, 15) is 9.59 Å². The number of halogens is 1. The van der Waals surface area contributed by atoms with Gasteiger partial charge < -0.3 is 10.1 Å². The fraction of sp³-hybridized carbons (Fsp3) is 0.200. The van der Waals surface area contributed by atoms with Crippen LogP contribution in [0, 0.1) is 3.57 Å². The molecular weight excluding hydrogens is 309 g/mol. The first-order valence-electron chi connectivity index (χ1n) is 4.20. The first-order chi connectivity index (χ1) is 7.04. The van der Waals surface area contributed by atoms with E-state index in [0.717, 1.165) is 3.57 Å². The lowest BCUT2D eigenvalue weighted by Crippen LogP contribution is -2.09. The Morgan fingerprint density at radius 3 is 2.60 bits per heavy atom. The van der Waals surface area contributed by atoms with Gasteiger partial charge in [-0.1, -0.05) is 0 Å². The van der Waals surface area contributed by atoms with Crippen LogP contribution in [0.15, 0.2) is 18.2 Å². The largest absolute Gasteiger partial charge is 0.465 e. The van der Waals surface area contributed by atoms with Crippen molar-refractivity contribution in [2.24, 2.45) is 0 Å². The maximum absolute atomic E-state index is 11.2. The molecule has 5 heteroatoms. The minimum atomic E-state index is -0.419. The van der Waals surface area contributed by atoms with Gasteiger partial charge in [-0.3, -0.25) is 4.79 Å². The number of methoxy groups -OCH3 is 1. The van der Waals surface area contributed by atoms with E-state index in [1.54, 1.807) is 18.2 Å². The number of hydrogen-bond donors (Lipinski definition) is 1. The zero-order valence-electron chi connectivity index (χ0n) is 8.33. The molecule has 1 aromatic carbocycles. The van der Waals surface area contributed by atoms with Crippen LogP contribution in [-0.4, -0.2) is 19.0 Å². The topological polar surface area (TPSA) is 55.4 Å². The lowest BCUT2D eigenvalue weighted by molar-refractivity contribution is -0.114. The summed E-state index contributed by atoms with van der Waals surface area (Å²) in [5, 5.41) is 2.64. The molecule has 0 radical (unpaired) electrons. The molecule has 15 heavy (non-hydrogen) atoms. The second-order valence-electron chi connectivity index (χ2n) is 2.87. The highest BCUT2D eigenvalue weighted by molar-refractivity contribution is 14.1. The molecular formula is C10H10INO3. The molecule has 1 N–H and O–H groups in total. The highest BCUT2D eigenvalue weighted by atomic mass is 127. The van der Waals surface area contributed by atoms with Crippen LogP contribution >= 0.6 is 22.6 Å². The number of carbonyl (C=O) groups excluding carboxylic acids is 2. The summed E-state index contributed by atoms with van der Waals surface area (Å²) in [7, 11) is 1.32. The fourth-order valence-corrected chi connectivity index (χ4v) is 1.53. The molecule has 1 rings (SSSR count). The summed E-state index contributed by atoms with van der Waals surface area (Å²) in [6.07, 6.45) is 0. The Bertz CT molecular complexity index is 404. The van der Waals surface area contributed by atoms with Crippen LogP contribution in [-0.2, 0) is 9.53 Å². The van der Waals surface area contributed by atoms with Crippen LogP contribution < -0.4 is 5.32 Å². The average molecular weight is 319 g/mol. The third kappa shape index (κ3) is 3.19. The molecule has 0 aliphatic carbocycles. The first-order valence-corrected chi connectivity index (χ1v) is 5.28. The summed E-state index contributed by atoms with van der Waals surface area (Å²) >= 11 is 2.08. The molecule has 4 nitrogen and oxygen atoms in total. The van der Waals surface area contributed by atoms with Crippen molar-refractivity contribution in [3.8, 4) is 0 Å². The monoisotopic (exact) mass is 319 g/mol. The molecule has 0 spiro atoms. The van der Waals surface area contributed by atoms with Gasteiger partial charge in [0, 0.05) is 10.5 Å². The molecule has 0 aliphatic rings. The van der Waals surface area contributed by atoms with E-state index < -0.39 is 5.97 Å². The smallest absolute Gasteiger partial charge is 0.337 e. The van der Waals surface area contributed by atoms with E-state index in [1.807, 2.05) is 0 Å². The van der Waals surface area contributed by atoms with Crippen LogP contribution in [0.25, 0.3) is 0 Å². The minimum absolute atomic E-state index is 0.171. The maximum Gasteiger partial charge on any atom is 0.337 e. The van der Waals surface area contributed by atoms with E-state index in [2.05, 4.69) is 32.6 Å². The van der Waals surface area contributed by atoms with Gasteiger partial charge in [-0.2, -0.15) is 0 Å². The molecule has 1 amide bonds. The van der Waals surface area contributed by atoms with Gasteiger partial charge >= 0.3 is 5.97 Å². The Hall–Kier alpha value is -1.11. The molecule has 0 aromatic heterocycles. The number of benzene rings is 1. The van der Waals surface area contributed by atoms with E-state index in [0.29, 0.717) is 11.3 Å². The number of rotatable bonds is 2. The molecule has 80 valence electrons. The van der Waals surface area contributed by atoms with Crippen molar-refractivity contribution in [1.29, 1.82) is 0 Å². The number of hydrogen-bond acceptors (Lipinski definition) is 3. The fourth-order valence-electron chi connectivity index (χ4n) is 1.06. The van der Waals surface area contributed by atoms with Gasteiger partial charge in [0.2, 0.25) is 5.91 Å². The average Bonchev–Trinajstić information content (AvgIpc) is 2.19. The van der Waals surface area contributed by atoms with Gasteiger partial charge in [-0.15, -0.1) is 0 Å². The molecule has 0 fully saturated rings. The number of esters is 1. The maximum atomic E-state index is 11.2. The lowest BCUT2D eigenvalue weighted by atomic mass is 10.2. The summed E-state index contributed by atoms with van der Waals surface area (Å²) in [6, 6.07) is 4.99. The molecule has 0 heterocycles. The third-order valence-electron chi connectivity index (χ3n) is 1.70. The molecule has 0 atom stereocenters. The number of nitrogens with one attached hydrogen (secondary N) is 1. The molecule has 0 saturated carbocycles. The quantitative estimate of drug-likeness (QED) is 0.670. The van der Waals surface area contributed by atoms with E-state index in [4.69, 9.17) is 0 Å². The number of amides is 1. The Labute approximate surface area is 101 Å². The van der Waals surface area contributed by atoms with Crippen LogP contribution in [0.1, 0.15) is 17.3 Å². The predicted octanol–water partition coefficient (Wildman–Crippen LogP) is 2.04. The van der Waals surface area contributed by atoms with Crippen LogP contribution in [0.5, 0.6) is 0 Å². The highest BCUT2D eigenvalue weighted by Crippen LogP contribution is 2.20. The molecule has 0 saturated heterocycles. The molecule has 1 aromatic rings. The standard InChI is InChI=1S/C10H10INO3/c1-6(13)12-9-5-7(10(14)15-2)3-4-8(9)11/h3-5H,1-2H3,(H,12,13). The van der Waals surface area contributed by atoms with Gasteiger partial charge in [0.05, 0.1) is 18.4 Å². The summed E-state index contributed by atoms with van der Waals surface area (Å²) < 4.78 is 5.45. The second kappa shape index (κ2) is 5.11. The Morgan fingerprint density at radius 1 is 1.40 bits per heavy atom. The zero-order valence-corrected chi connectivity index (χ0v) is 10.5. The molecule has 0 unspecified atom stereocenters. The van der Waals surface area contributed by atoms with E-state index >= 15 is 0 Å². The van der Waals surface area contributed by atoms with Crippen molar-refractivity contribution in [3.05, 3.63) is 27.3 Å². The van der Waals surface area contributed by atoms with Gasteiger partial charge in [0.15, 0.2) is 0 Å². The zero-order chi connectivity index (χ0) is 11.4. The lowest BCUT2D eigenvalue weighted by Gasteiger charge is -2.06. The van der Waals surface area contributed by atoms with Gasteiger partial charge in [-0.05, 0) is 40.8 Å². The SMILES string of the molecule is COC(=O)c1ccc(I)c(NC(C)=O)c1. The van der Waals surface area contributed by atoms with Crippen LogP contribution in [0.4, 0.5) is 5.69 Å². The predicted molar refractivity (Wildman–Crippen MR) is 64.8 cm³/mol. The van der Waals surface area contributed by atoms with Crippen LogP contribution in [0.3, 0.4) is 0 Å². The number of carbonyl (C=O) groups is 2. The second-order valence-corrected chi connectivity index (χ2v) is 4.03.